The van der Waals surface area contributed by atoms with Crippen LogP contribution < -0.4 is 10.6 Å². The van der Waals surface area contributed by atoms with Gasteiger partial charge in [-0.15, -0.1) is 0 Å². The first kappa shape index (κ1) is 26.9. The first-order chi connectivity index (χ1) is 19.1. The van der Waals surface area contributed by atoms with Crippen LogP contribution in [0.5, 0.6) is 0 Å². The molecule has 2 N–H and O–H groups in total. The van der Waals surface area contributed by atoms with E-state index >= 15 is 0 Å². The zero-order valence-corrected chi connectivity index (χ0v) is 24.8. The molecule has 40 heavy (non-hydrogen) atoms. The number of aryl methyl sites for hydroxylation is 2. The van der Waals surface area contributed by atoms with Crippen LogP contribution in [0.3, 0.4) is 0 Å². The molecule has 2 amide bonds. The summed E-state index contributed by atoms with van der Waals surface area (Å²) < 4.78 is 2.33. The number of hydrogen-bond acceptors (Lipinski definition) is 6. The molecule has 3 atom stereocenters. The molecule has 3 aliphatic rings. The first-order valence-electron chi connectivity index (χ1n) is 14.2. The van der Waals surface area contributed by atoms with Crippen molar-refractivity contribution in [1.29, 1.82) is 0 Å². The van der Waals surface area contributed by atoms with E-state index in [1.807, 2.05) is 25.1 Å². The summed E-state index contributed by atoms with van der Waals surface area (Å²) in [6.45, 7) is 6.42. The Labute approximate surface area is 242 Å². The number of carbonyl (C=O) groups is 3. The van der Waals surface area contributed by atoms with Crippen LogP contribution in [0.1, 0.15) is 74.0 Å². The molecule has 1 aliphatic carbocycles. The number of Topliss-reactive ketones (excluding diaryl/α,β-unsaturated/α-hetero) is 1. The number of pyridine rings is 1. The van der Waals surface area contributed by atoms with Gasteiger partial charge in [0.2, 0.25) is 11.8 Å². The molecule has 0 unspecified atom stereocenters. The number of benzene rings is 1. The normalized spacial score (nSPS) is 23.9. The van der Waals surface area contributed by atoms with Gasteiger partial charge < -0.3 is 15.5 Å². The van der Waals surface area contributed by atoms with E-state index < -0.39 is 6.04 Å². The van der Waals surface area contributed by atoms with Crippen LogP contribution in [-0.2, 0) is 22.6 Å². The minimum Gasteiger partial charge on any atom is -0.385 e. The average Bonchev–Trinajstić information content (AvgIpc) is 3.27. The predicted molar refractivity (Wildman–Crippen MR) is 157 cm³/mol. The molecule has 9 nitrogen and oxygen atoms in total. The number of rotatable bonds is 5. The number of nitrogens with one attached hydrogen (secondary N) is 2. The molecule has 0 radical (unpaired) electrons. The Bertz CT molecular complexity index is 1530. The van der Waals surface area contributed by atoms with Crippen LogP contribution in [0.15, 0.2) is 28.9 Å². The molecule has 6 rings (SSSR count). The third-order valence-corrected chi connectivity index (χ3v) is 9.22. The molecule has 1 saturated carbocycles. The smallest absolute Gasteiger partial charge is 0.248 e. The highest BCUT2D eigenvalue weighted by molar-refractivity contribution is 9.10. The zero-order chi connectivity index (χ0) is 28.2. The van der Waals surface area contributed by atoms with Crippen LogP contribution in [-0.4, -0.2) is 55.9 Å². The number of aromatic nitrogens is 3. The second kappa shape index (κ2) is 10.3. The second-order valence-corrected chi connectivity index (χ2v) is 12.7. The number of anilines is 2. The Morgan fingerprint density at radius 3 is 2.75 bits per heavy atom. The summed E-state index contributed by atoms with van der Waals surface area (Å²) in [5, 5.41) is 11.9. The van der Waals surface area contributed by atoms with Gasteiger partial charge in [-0.2, -0.15) is 5.10 Å². The van der Waals surface area contributed by atoms with Crippen molar-refractivity contribution in [1.82, 2.24) is 19.7 Å². The van der Waals surface area contributed by atoms with Gasteiger partial charge >= 0.3 is 0 Å². The van der Waals surface area contributed by atoms with Gasteiger partial charge in [0.15, 0.2) is 5.78 Å². The van der Waals surface area contributed by atoms with Crippen LogP contribution in [0.2, 0.25) is 0 Å². The quantitative estimate of drug-likeness (QED) is 0.303. The van der Waals surface area contributed by atoms with E-state index in [1.54, 1.807) is 9.58 Å². The second-order valence-electron chi connectivity index (χ2n) is 11.9. The summed E-state index contributed by atoms with van der Waals surface area (Å²) in [5.41, 5.74) is 4.10. The SMILES string of the molecule is CC(=O)c1nn(CC(=O)N2[C@H](C(=O)Nc3nc(Br)ccc3C)C[C@@]3(C)C[C@@H]23)c2c3cc(cc12)NCCCCCC3. The van der Waals surface area contributed by atoms with Crippen molar-refractivity contribution < 1.29 is 14.4 Å². The van der Waals surface area contributed by atoms with Crippen molar-refractivity contribution in [2.75, 3.05) is 17.2 Å². The van der Waals surface area contributed by atoms with Crippen LogP contribution in [0.4, 0.5) is 11.5 Å². The molecule has 0 spiro atoms. The Hall–Kier alpha value is -3.27. The number of halogens is 1. The van der Waals surface area contributed by atoms with E-state index in [0.29, 0.717) is 22.5 Å². The molecule has 2 aliphatic heterocycles. The van der Waals surface area contributed by atoms with Gasteiger partial charge in [-0.1, -0.05) is 25.8 Å². The van der Waals surface area contributed by atoms with Gasteiger partial charge in [0, 0.05) is 30.6 Å². The van der Waals surface area contributed by atoms with Crippen LogP contribution in [0.25, 0.3) is 10.9 Å². The fourth-order valence-corrected chi connectivity index (χ4v) is 6.81. The Morgan fingerprint density at radius 1 is 1.15 bits per heavy atom. The lowest BCUT2D eigenvalue weighted by Crippen LogP contribution is -2.47. The number of ketones is 1. The molecular formula is C30H35BrN6O3. The van der Waals surface area contributed by atoms with Gasteiger partial charge in [0.1, 0.15) is 28.7 Å². The number of carbonyl (C=O) groups excluding carboxylic acids is 3. The Morgan fingerprint density at radius 2 is 1.95 bits per heavy atom. The molecular weight excluding hydrogens is 572 g/mol. The lowest BCUT2D eigenvalue weighted by molar-refractivity contribution is -0.138. The first-order valence-corrected chi connectivity index (χ1v) is 15.0. The van der Waals surface area contributed by atoms with E-state index in [9.17, 15) is 14.4 Å². The standard InChI is InChI=1S/C30H35BrN6O3/c1-17-9-10-24(31)33-28(17)34-29(40)22-14-30(3)15-23(30)37(22)25(39)16-36-27-19-8-6-4-5-7-11-32-20(12-19)13-21(27)26(35-36)18(2)38/h9-10,12-13,22-23,32H,4-8,11,14-16H2,1-3H3,(H,33,34,40)/t22-,23+,30-/m0/s1. The summed E-state index contributed by atoms with van der Waals surface area (Å²) in [6, 6.07) is 7.28. The van der Waals surface area contributed by atoms with Crippen molar-refractivity contribution in [3.05, 3.63) is 45.7 Å². The molecule has 2 aromatic heterocycles. The van der Waals surface area contributed by atoms with E-state index in [-0.39, 0.29) is 35.6 Å². The summed E-state index contributed by atoms with van der Waals surface area (Å²) in [5.74, 6) is -0.0180. The van der Waals surface area contributed by atoms with E-state index in [4.69, 9.17) is 0 Å². The highest BCUT2D eigenvalue weighted by Crippen LogP contribution is 2.59. The molecule has 3 aromatic rings. The minimum absolute atomic E-state index is 0.0198. The molecule has 1 saturated heterocycles. The molecule has 1 aromatic carbocycles. The third-order valence-electron chi connectivity index (χ3n) is 8.77. The number of likely N-dealkylation sites (tertiary alicyclic amines) is 1. The lowest BCUT2D eigenvalue weighted by atomic mass is 10.00. The lowest BCUT2D eigenvalue weighted by Gasteiger charge is -2.27. The summed E-state index contributed by atoms with van der Waals surface area (Å²) in [4.78, 5) is 46.3. The number of nitrogens with zero attached hydrogens (tertiary/aromatic N) is 4. The van der Waals surface area contributed by atoms with E-state index in [2.05, 4.69) is 49.6 Å². The zero-order valence-electron chi connectivity index (χ0n) is 23.2. The van der Waals surface area contributed by atoms with Crippen molar-refractivity contribution in [2.45, 2.75) is 84.3 Å². The van der Waals surface area contributed by atoms with E-state index in [1.165, 1.54) is 13.3 Å². The fourth-order valence-electron chi connectivity index (χ4n) is 6.50. The summed E-state index contributed by atoms with van der Waals surface area (Å²) in [7, 11) is 0. The fraction of sp³-hybridized carbons (Fsp3) is 0.500. The maximum absolute atomic E-state index is 14.0. The molecule has 2 bridgehead atoms. The van der Waals surface area contributed by atoms with E-state index in [0.717, 1.165) is 66.4 Å². The van der Waals surface area contributed by atoms with Crippen molar-refractivity contribution in [3.8, 4) is 0 Å². The van der Waals surface area contributed by atoms with Crippen LogP contribution in [0, 0.1) is 12.3 Å². The summed E-state index contributed by atoms with van der Waals surface area (Å²) in [6.07, 6.45) is 6.82. The molecule has 210 valence electrons. The Kier molecular flexibility index (Phi) is 6.92. The highest BCUT2D eigenvalue weighted by atomic mass is 79.9. The van der Waals surface area contributed by atoms with Gasteiger partial charge in [-0.3, -0.25) is 19.1 Å². The minimum atomic E-state index is -0.585. The molecule has 4 heterocycles. The highest BCUT2D eigenvalue weighted by Gasteiger charge is 2.64. The predicted octanol–water partition coefficient (Wildman–Crippen LogP) is 5.25. The van der Waals surface area contributed by atoms with Gasteiger partial charge in [0.25, 0.3) is 0 Å². The van der Waals surface area contributed by atoms with Crippen molar-refractivity contribution in [2.24, 2.45) is 5.41 Å². The number of hydrogen-bond donors (Lipinski definition) is 2. The number of amides is 2. The molecule has 2 fully saturated rings. The summed E-state index contributed by atoms with van der Waals surface area (Å²) >= 11 is 3.37. The maximum Gasteiger partial charge on any atom is 0.248 e. The van der Waals surface area contributed by atoms with Crippen molar-refractivity contribution in [3.63, 3.8) is 0 Å². The maximum atomic E-state index is 14.0. The van der Waals surface area contributed by atoms with Crippen LogP contribution >= 0.6 is 15.9 Å². The van der Waals surface area contributed by atoms with Gasteiger partial charge in [-0.05, 0) is 89.7 Å². The molecule has 10 heteroatoms. The third kappa shape index (κ3) is 4.91. The van der Waals surface area contributed by atoms with Gasteiger partial charge in [0.05, 0.1) is 5.52 Å². The average molecular weight is 608 g/mol. The number of fused-ring (bicyclic) bond motifs is 5. The Balaban J connectivity index is 1.32. The largest absolute Gasteiger partial charge is 0.385 e. The topological polar surface area (TPSA) is 109 Å². The monoisotopic (exact) mass is 606 g/mol. The number of piperidine rings is 1. The van der Waals surface area contributed by atoms with Crippen molar-refractivity contribution >= 4 is 55.9 Å². The van der Waals surface area contributed by atoms with Gasteiger partial charge in [-0.25, -0.2) is 4.98 Å².